The average molecular weight is 165 g/mol. The lowest BCUT2D eigenvalue weighted by molar-refractivity contribution is -0.138. The lowest BCUT2D eigenvalue weighted by Crippen LogP contribution is -2.07. The van der Waals surface area contributed by atoms with E-state index in [9.17, 15) is 4.79 Å². The van der Waals surface area contributed by atoms with Gasteiger partial charge in [-0.2, -0.15) is 5.26 Å². The number of hydrogen-bond donors (Lipinski definition) is 0. The van der Waals surface area contributed by atoms with Gasteiger partial charge >= 0.3 is 5.97 Å². The highest BCUT2D eigenvalue weighted by Crippen LogP contribution is 1.97. The minimum atomic E-state index is -0.584. The first kappa shape index (κ1) is 10.4. The molecule has 3 nitrogen and oxygen atoms in total. The van der Waals surface area contributed by atoms with Crippen molar-refractivity contribution in [2.45, 2.75) is 13.3 Å². The van der Waals surface area contributed by atoms with E-state index in [1.165, 1.54) is 12.2 Å². The highest BCUT2D eigenvalue weighted by molar-refractivity contribution is 5.93. The van der Waals surface area contributed by atoms with E-state index < -0.39 is 5.97 Å². The van der Waals surface area contributed by atoms with Gasteiger partial charge in [-0.3, -0.25) is 0 Å². The maximum Gasteiger partial charge on any atom is 0.348 e. The molecule has 0 aromatic rings. The van der Waals surface area contributed by atoms with Gasteiger partial charge in [0.1, 0.15) is 11.6 Å². The Morgan fingerprint density at radius 3 is 2.83 bits per heavy atom. The van der Waals surface area contributed by atoms with Crippen molar-refractivity contribution in [2.75, 3.05) is 6.61 Å². The smallest absolute Gasteiger partial charge is 0.348 e. The fourth-order valence-electron chi connectivity index (χ4n) is 0.541. The van der Waals surface area contributed by atoms with Gasteiger partial charge in [-0.05, 0) is 12.5 Å². The first-order valence-corrected chi connectivity index (χ1v) is 3.66. The molecule has 0 aliphatic carbocycles. The first-order valence-electron chi connectivity index (χ1n) is 3.66. The third-order valence-corrected chi connectivity index (χ3v) is 1.06. The second kappa shape index (κ2) is 6.17. The van der Waals surface area contributed by atoms with Crippen LogP contribution >= 0.6 is 0 Å². The molecule has 0 aromatic heterocycles. The van der Waals surface area contributed by atoms with Gasteiger partial charge < -0.3 is 4.74 Å². The predicted molar refractivity (Wildman–Crippen MR) is 45.1 cm³/mol. The molecule has 0 N–H and O–H groups in total. The van der Waals surface area contributed by atoms with Crippen molar-refractivity contribution >= 4 is 5.97 Å². The molecule has 0 spiro atoms. The average Bonchev–Trinajstić information content (AvgIpc) is 2.10. The summed E-state index contributed by atoms with van der Waals surface area (Å²) in [7, 11) is 0. The molecule has 0 radical (unpaired) electrons. The van der Waals surface area contributed by atoms with E-state index in [2.05, 4.69) is 6.58 Å². The molecule has 0 atom stereocenters. The Bertz CT molecular complexity index is 235. The molecule has 0 rings (SSSR count). The fraction of sp³-hybridized carbons (Fsp3) is 0.333. The van der Waals surface area contributed by atoms with Gasteiger partial charge in [-0.1, -0.05) is 19.6 Å². The minimum Gasteiger partial charge on any atom is -0.462 e. The Morgan fingerprint density at radius 2 is 2.42 bits per heavy atom. The van der Waals surface area contributed by atoms with Crippen LogP contribution in [-0.4, -0.2) is 12.6 Å². The fourth-order valence-corrected chi connectivity index (χ4v) is 0.541. The van der Waals surface area contributed by atoms with Crippen LogP contribution in [-0.2, 0) is 9.53 Å². The summed E-state index contributed by atoms with van der Waals surface area (Å²) in [5.41, 5.74) is -0.0153. The SMILES string of the molecule is C=C/C=C(\C#N)C(=O)OCCC. The number of nitrogens with zero attached hydrogens (tertiary/aromatic N) is 1. The Labute approximate surface area is 71.9 Å². The predicted octanol–water partition coefficient (Wildman–Crippen LogP) is 1.58. The number of rotatable bonds is 4. The minimum absolute atomic E-state index is 0.0153. The molecule has 0 amide bonds. The van der Waals surface area contributed by atoms with Gasteiger partial charge in [0.15, 0.2) is 0 Å². The zero-order valence-corrected chi connectivity index (χ0v) is 7.04. The zero-order valence-electron chi connectivity index (χ0n) is 7.04. The van der Waals surface area contributed by atoms with Crippen molar-refractivity contribution in [3.8, 4) is 6.07 Å². The van der Waals surface area contributed by atoms with Crippen LogP contribution in [0, 0.1) is 11.3 Å². The van der Waals surface area contributed by atoms with Crippen LogP contribution in [0.15, 0.2) is 24.3 Å². The Morgan fingerprint density at radius 1 is 1.75 bits per heavy atom. The summed E-state index contributed by atoms with van der Waals surface area (Å²) in [6.45, 7) is 5.60. The number of ether oxygens (including phenoxy) is 1. The molecule has 0 aliphatic rings. The monoisotopic (exact) mass is 165 g/mol. The third-order valence-electron chi connectivity index (χ3n) is 1.06. The highest BCUT2D eigenvalue weighted by atomic mass is 16.5. The molecule has 0 heterocycles. The standard InChI is InChI=1S/C9H11NO2/c1-3-5-8(7-10)9(11)12-6-4-2/h3,5H,1,4,6H2,2H3/b8-5+. The summed E-state index contributed by atoms with van der Waals surface area (Å²) in [5.74, 6) is -0.584. The second-order valence-electron chi connectivity index (χ2n) is 2.06. The third kappa shape index (κ3) is 3.57. The van der Waals surface area contributed by atoms with Crippen molar-refractivity contribution in [3.05, 3.63) is 24.3 Å². The van der Waals surface area contributed by atoms with Crippen LogP contribution in [0.25, 0.3) is 0 Å². The van der Waals surface area contributed by atoms with Crippen molar-refractivity contribution in [2.24, 2.45) is 0 Å². The van der Waals surface area contributed by atoms with Crippen molar-refractivity contribution in [1.29, 1.82) is 5.26 Å². The summed E-state index contributed by atoms with van der Waals surface area (Å²) in [6, 6.07) is 1.73. The van der Waals surface area contributed by atoms with Crippen LogP contribution in [0.5, 0.6) is 0 Å². The highest BCUT2D eigenvalue weighted by Gasteiger charge is 2.07. The molecule has 0 aliphatic heterocycles. The molecular weight excluding hydrogens is 154 g/mol. The quantitative estimate of drug-likeness (QED) is 0.275. The maximum absolute atomic E-state index is 11.0. The van der Waals surface area contributed by atoms with Crippen molar-refractivity contribution in [1.82, 2.24) is 0 Å². The summed E-state index contributed by atoms with van der Waals surface area (Å²) in [4.78, 5) is 11.0. The Kier molecular flexibility index (Phi) is 5.37. The molecular formula is C9H11NO2. The van der Waals surface area contributed by atoms with E-state index in [0.29, 0.717) is 6.61 Å². The Hall–Kier alpha value is -1.56. The van der Waals surface area contributed by atoms with E-state index in [1.807, 2.05) is 6.92 Å². The summed E-state index contributed by atoms with van der Waals surface area (Å²) >= 11 is 0. The van der Waals surface area contributed by atoms with E-state index >= 15 is 0 Å². The summed E-state index contributed by atoms with van der Waals surface area (Å²) in [5, 5.41) is 8.46. The van der Waals surface area contributed by atoms with Crippen LogP contribution < -0.4 is 0 Å². The normalized spacial score (nSPS) is 10.2. The summed E-state index contributed by atoms with van der Waals surface area (Å²) < 4.78 is 4.72. The molecule has 0 saturated carbocycles. The topological polar surface area (TPSA) is 50.1 Å². The number of esters is 1. The number of carbonyl (C=O) groups is 1. The van der Waals surface area contributed by atoms with Crippen LogP contribution in [0.2, 0.25) is 0 Å². The first-order chi connectivity index (χ1) is 5.76. The molecule has 0 unspecified atom stereocenters. The van der Waals surface area contributed by atoms with Crippen LogP contribution in [0.1, 0.15) is 13.3 Å². The largest absolute Gasteiger partial charge is 0.462 e. The van der Waals surface area contributed by atoms with Crippen molar-refractivity contribution < 1.29 is 9.53 Å². The lowest BCUT2D eigenvalue weighted by Gasteiger charge is -1.99. The molecule has 64 valence electrons. The van der Waals surface area contributed by atoms with Gasteiger partial charge in [-0.15, -0.1) is 0 Å². The molecule has 0 aromatic carbocycles. The lowest BCUT2D eigenvalue weighted by atomic mass is 10.3. The number of nitriles is 1. The number of allylic oxidation sites excluding steroid dienone is 2. The van der Waals surface area contributed by atoms with Crippen LogP contribution in [0.4, 0.5) is 0 Å². The summed E-state index contributed by atoms with van der Waals surface area (Å²) in [6.07, 6.45) is 3.46. The van der Waals surface area contributed by atoms with Gasteiger partial charge in [0.25, 0.3) is 0 Å². The van der Waals surface area contributed by atoms with Crippen LogP contribution in [0.3, 0.4) is 0 Å². The molecule has 0 saturated heterocycles. The van der Waals surface area contributed by atoms with Crippen molar-refractivity contribution in [3.63, 3.8) is 0 Å². The van der Waals surface area contributed by atoms with Gasteiger partial charge in [0, 0.05) is 0 Å². The van der Waals surface area contributed by atoms with Gasteiger partial charge in [0.2, 0.25) is 0 Å². The Balaban J connectivity index is 4.16. The van der Waals surface area contributed by atoms with Gasteiger partial charge in [-0.25, -0.2) is 4.79 Å². The molecule has 12 heavy (non-hydrogen) atoms. The van der Waals surface area contributed by atoms with E-state index in [1.54, 1.807) is 6.07 Å². The van der Waals surface area contributed by atoms with E-state index in [0.717, 1.165) is 6.42 Å². The maximum atomic E-state index is 11.0. The van der Waals surface area contributed by atoms with E-state index in [-0.39, 0.29) is 5.57 Å². The van der Waals surface area contributed by atoms with Gasteiger partial charge in [0.05, 0.1) is 6.61 Å². The zero-order chi connectivity index (χ0) is 9.40. The molecule has 0 fully saturated rings. The molecule has 0 bridgehead atoms. The molecule has 3 heteroatoms. The second-order valence-corrected chi connectivity index (χ2v) is 2.06. The van der Waals surface area contributed by atoms with E-state index in [4.69, 9.17) is 10.00 Å². The number of carbonyl (C=O) groups excluding carboxylic acids is 1. The number of hydrogen-bond acceptors (Lipinski definition) is 3.